The highest BCUT2D eigenvalue weighted by atomic mass is 79.9. The minimum absolute atomic E-state index is 0.614. The van der Waals surface area contributed by atoms with Crippen LogP contribution in [0.2, 0.25) is 0 Å². The van der Waals surface area contributed by atoms with Crippen molar-refractivity contribution in [1.82, 2.24) is 9.36 Å². The van der Waals surface area contributed by atoms with E-state index in [2.05, 4.69) is 44.5 Å². The Morgan fingerprint density at radius 1 is 1.44 bits per heavy atom. The fraction of sp³-hybridized carbons (Fsp3) is 0.400. The minimum atomic E-state index is 0.614. The first kappa shape index (κ1) is 12.0. The molecule has 0 saturated carbocycles. The predicted molar refractivity (Wildman–Crippen MR) is 74.2 cm³/mol. The number of thiophene rings is 1. The number of hydrogen-bond acceptors (Lipinski definition) is 5. The van der Waals surface area contributed by atoms with E-state index in [1.807, 2.05) is 12.1 Å². The standard InChI is InChI=1S/C10H12BrN3S2/c1-6(2)5-12-10-13-9(14-16-10)7-3-4-8(11)15-7/h3-4,6H,5H2,1-2H3,(H,12,13,14). The molecule has 3 nitrogen and oxygen atoms in total. The molecule has 0 bridgehead atoms. The molecule has 0 amide bonds. The van der Waals surface area contributed by atoms with Crippen molar-refractivity contribution < 1.29 is 0 Å². The Morgan fingerprint density at radius 3 is 2.88 bits per heavy atom. The van der Waals surface area contributed by atoms with E-state index in [9.17, 15) is 0 Å². The fourth-order valence-corrected chi connectivity index (χ4v) is 3.09. The monoisotopic (exact) mass is 317 g/mol. The Hall–Kier alpha value is -0.460. The summed E-state index contributed by atoms with van der Waals surface area (Å²) in [5.74, 6) is 1.43. The number of rotatable bonds is 4. The predicted octanol–water partition coefficient (Wildman–Crippen LogP) is 4.10. The van der Waals surface area contributed by atoms with Gasteiger partial charge in [0.15, 0.2) is 5.82 Å². The number of halogens is 1. The summed E-state index contributed by atoms with van der Waals surface area (Å²) in [4.78, 5) is 5.55. The highest BCUT2D eigenvalue weighted by molar-refractivity contribution is 9.11. The maximum absolute atomic E-state index is 4.45. The average molecular weight is 318 g/mol. The first-order chi connectivity index (χ1) is 7.65. The number of anilines is 1. The molecule has 0 aliphatic carbocycles. The van der Waals surface area contributed by atoms with Crippen LogP contribution >= 0.6 is 38.8 Å². The molecule has 86 valence electrons. The highest BCUT2D eigenvalue weighted by Crippen LogP contribution is 2.30. The molecule has 0 aliphatic rings. The molecule has 0 fully saturated rings. The van der Waals surface area contributed by atoms with E-state index < -0.39 is 0 Å². The third kappa shape index (κ3) is 3.02. The summed E-state index contributed by atoms with van der Waals surface area (Å²) in [6.45, 7) is 5.28. The van der Waals surface area contributed by atoms with E-state index in [-0.39, 0.29) is 0 Å². The van der Waals surface area contributed by atoms with Crippen molar-refractivity contribution in [3.8, 4) is 10.7 Å². The molecule has 2 rings (SSSR count). The van der Waals surface area contributed by atoms with Crippen LogP contribution in [0, 0.1) is 5.92 Å². The van der Waals surface area contributed by atoms with Crippen LogP contribution in [0.5, 0.6) is 0 Å². The van der Waals surface area contributed by atoms with Gasteiger partial charge in [-0.15, -0.1) is 11.3 Å². The van der Waals surface area contributed by atoms with E-state index in [0.29, 0.717) is 5.92 Å². The van der Waals surface area contributed by atoms with Gasteiger partial charge in [0, 0.05) is 18.1 Å². The Kier molecular flexibility index (Phi) is 3.94. The molecule has 0 aromatic carbocycles. The minimum Gasteiger partial charge on any atom is -0.360 e. The lowest BCUT2D eigenvalue weighted by Gasteiger charge is -2.03. The maximum atomic E-state index is 4.45. The van der Waals surface area contributed by atoms with Crippen LogP contribution < -0.4 is 5.32 Å². The maximum Gasteiger partial charge on any atom is 0.202 e. The summed E-state index contributed by atoms with van der Waals surface area (Å²) < 4.78 is 5.44. The number of hydrogen-bond donors (Lipinski definition) is 1. The summed E-state index contributed by atoms with van der Waals surface area (Å²) in [5, 5.41) is 4.18. The summed E-state index contributed by atoms with van der Waals surface area (Å²) in [5.41, 5.74) is 0. The lowest BCUT2D eigenvalue weighted by atomic mass is 10.2. The van der Waals surface area contributed by atoms with Crippen molar-refractivity contribution in [2.45, 2.75) is 13.8 Å². The van der Waals surface area contributed by atoms with Crippen LogP contribution in [-0.4, -0.2) is 15.9 Å². The van der Waals surface area contributed by atoms with E-state index >= 15 is 0 Å². The third-order valence-corrected chi connectivity index (χ3v) is 4.17. The second kappa shape index (κ2) is 5.25. The SMILES string of the molecule is CC(C)CNc1nc(-c2ccc(Br)s2)ns1. The number of nitrogens with zero attached hydrogens (tertiary/aromatic N) is 2. The van der Waals surface area contributed by atoms with Gasteiger partial charge >= 0.3 is 0 Å². The molecule has 0 spiro atoms. The molecular weight excluding hydrogens is 306 g/mol. The van der Waals surface area contributed by atoms with Crippen LogP contribution in [0.25, 0.3) is 10.7 Å². The zero-order valence-corrected chi connectivity index (χ0v) is 12.2. The van der Waals surface area contributed by atoms with Gasteiger partial charge in [0.05, 0.1) is 8.66 Å². The fourth-order valence-electron chi connectivity index (χ4n) is 1.12. The van der Waals surface area contributed by atoms with Crippen molar-refractivity contribution in [1.29, 1.82) is 0 Å². The molecule has 6 heteroatoms. The largest absolute Gasteiger partial charge is 0.360 e. The first-order valence-corrected chi connectivity index (χ1v) is 7.36. The second-order valence-electron chi connectivity index (χ2n) is 3.80. The van der Waals surface area contributed by atoms with E-state index in [1.165, 1.54) is 11.5 Å². The highest BCUT2D eigenvalue weighted by Gasteiger charge is 2.08. The van der Waals surface area contributed by atoms with Gasteiger partial charge in [-0.25, -0.2) is 0 Å². The smallest absolute Gasteiger partial charge is 0.202 e. The topological polar surface area (TPSA) is 37.8 Å². The Balaban J connectivity index is 2.07. The van der Waals surface area contributed by atoms with Gasteiger partial charge in [-0.1, -0.05) is 13.8 Å². The lowest BCUT2D eigenvalue weighted by Crippen LogP contribution is -2.07. The van der Waals surface area contributed by atoms with Gasteiger partial charge < -0.3 is 5.32 Å². The molecule has 0 atom stereocenters. The zero-order valence-electron chi connectivity index (χ0n) is 9.03. The van der Waals surface area contributed by atoms with Gasteiger partial charge in [-0.05, 0) is 34.0 Å². The van der Waals surface area contributed by atoms with E-state index in [4.69, 9.17) is 0 Å². The Labute approximate surface area is 111 Å². The molecule has 0 radical (unpaired) electrons. The van der Waals surface area contributed by atoms with Crippen molar-refractivity contribution in [2.75, 3.05) is 11.9 Å². The average Bonchev–Trinajstić information content (AvgIpc) is 2.83. The molecule has 2 heterocycles. The van der Waals surface area contributed by atoms with E-state index in [1.54, 1.807) is 11.3 Å². The normalized spacial score (nSPS) is 11.0. The second-order valence-corrected chi connectivity index (χ2v) is 7.02. The zero-order chi connectivity index (χ0) is 11.5. The van der Waals surface area contributed by atoms with Crippen LogP contribution in [0.4, 0.5) is 5.13 Å². The van der Waals surface area contributed by atoms with Gasteiger partial charge in [-0.2, -0.15) is 9.36 Å². The molecule has 2 aromatic rings. The lowest BCUT2D eigenvalue weighted by molar-refractivity contribution is 0.688. The van der Waals surface area contributed by atoms with Crippen molar-refractivity contribution in [2.24, 2.45) is 5.92 Å². The van der Waals surface area contributed by atoms with Crippen molar-refractivity contribution in [3.63, 3.8) is 0 Å². The van der Waals surface area contributed by atoms with Crippen LogP contribution in [-0.2, 0) is 0 Å². The number of nitrogens with one attached hydrogen (secondary N) is 1. The first-order valence-electron chi connectivity index (χ1n) is 4.98. The number of aromatic nitrogens is 2. The van der Waals surface area contributed by atoms with Gasteiger partial charge in [0.25, 0.3) is 0 Å². The van der Waals surface area contributed by atoms with Crippen LogP contribution in [0.1, 0.15) is 13.8 Å². The van der Waals surface area contributed by atoms with Crippen LogP contribution in [0.15, 0.2) is 15.9 Å². The van der Waals surface area contributed by atoms with Crippen molar-refractivity contribution >= 4 is 43.9 Å². The Bertz CT molecular complexity index is 464. The molecule has 1 N–H and O–H groups in total. The van der Waals surface area contributed by atoms with Crippen LogP contribution in [0.3, 0.4) is 0 Å². The third-order valence-electron chi connectivity index (χ3n) is 1.88. The molecular formula is C10H12BrN3S2. The van der Waals surface area contributed by atoms with E-state index in [0.717, 1.165) is 26.2 Å². The summed E-state index contributed by atoms with van der Waals surface area (Å²) >= 11 is 6.50. The molecule has 0 saturated heterocycles. The quantitative estimate of drug-likeness (QED) is 0.922. The molecule has 16 heavy (non-hydrogen) atoms. The van der Waals surface area contributed by atoms with Crippen molar-refractivity contribution in [3.05, 3.63) is 15.9 Å². The van der Waals surface area contributed by atoms with Gasteiger partial charge in [0.1, 0.15) is 0 Å². The Morgan fingerprint density at radius 2 is 2.25 bits per heavy atom. The molecule has 0 aliphatic heterocycles. The molecule has 2 aromatic heterocycles. The summed E-state index contributed by atoms with van der Waals surface area (Å²) in [6, 6.07) is 4.05. The van der Waals surface area contributed by atoms with Gasteiger partial charge in [-0.3, -0.25) is 0 Å². The summed E-state index contributed by atoms with van der Waals surface area (Å²) in [7, 11) is 0. The summed E-state index contributed by atoms with van der Waals surface area (Å²) in [6.07, 6.45) is 0. The molecule has 0 unspecified atom stereocenters. The van der Waals surface area contributed by atoms with Gasteiger partial charge in [0.2, 0.25) is 5.13 Å².